The van der Waals surface area contributed by atoms with E-state index in [-0.39, 0.29) is 23.7 Å². The average Bonchev–Trinajstić information content (AvgIpc) is 3.47. The van der Waals surface area contributed by atoms with Crippen molar-refractivity contribution in [2.75, 3.05) is 38.2 Å². The van der Waals surface area contributed by atoms with Gasteiger partial charge in [0.15, 0.2) is 0 Å². The van der Waals surface area contributed by atoms with Gasteiger partial charge in [0, 0.05) is 18.8 Å². The van der Waals surface area contributed by atoms with Crippen LogP contribution in [0.3, 0.4) is 0 Å². The molecule has 31 heavy (non-hydrogen) atoms. The van der Waals surface area contributed by atoms with Gasteiger partial charge in [0.2, 0.25) is 10.0 Å². The van der Waals surface area contributed by atoms with E-state index in [9.17, 15) is 13.2 Å². The van der Waals surface area contributed by atoms with E-state index in [4.69, 9.17) is 9.47 Å². The van der Waals surface area contributed by atoms with Gasteiger partial charge in [-0.25, -0.2) is 8.42 Å². The number of nitrogens with one attached hydrogen (secondary N) is 1. The Morgan fingerprint density at radius 1 is 1.29 bits per heavy atom. The highest BCUT2D eigenvalue weighted by Crippen LogP contribution is 2.31. The van der Waals surface area contributed by atoms with E-state index >= 15 is 0 Å². The van der Waals surface area contributed by atoms with E-state index in [2.05, 4.69) is 20.8 Å². The van der Waals surface area contributed by atoms with Crippen molar-refractivity contribution < 1.29 is 22.7 Å². The average molecular weight is 465 g/mol. The number of amides is 1. The molecule has 0 radical (unpaired) electrons. The van der Waals surface area contributed by atoms with Crippen LogP contribution in [0.4, 0.5) is 5.69 Å². The van der Waals surface area contributed by atoms with Gasteiger partial charge >= 0.3 is 0 Å². The molecule has 13 heteroatoms. The molecular formula is C18H20N6O5S2. The molecule has 11 nitrogen and oxygen atoms in total. The van der Waals surface area contributed by atoms with E-state index in [1.54, 1.807) is 30.5 Å². The van der Waals surface area contributed by atoms with Gasteiger partial charge in [-0.1, -0.05) is 0 Å². The number of hydrogen-bond acceptors (Lipinski definition) is 9. The molecule has 1 aliphatic heterocycles. The third-order valence-corrected chi connectivity index (χ3v) is 7.36. The summed E-state index contributed by atoms with van der Waals surface area (Å²) in [6, 6.07) is 6.29. The maximum atomic E-state index is 13.2. The minimum Gasteiger partial charge on any atom is -0.492 e. The second-order valence-corrected chi connectivity index (χ2v) is 9.28. The van der Waals surface area contributed by atoms with Crippen molar-refractivity contribution in [2.45, 2.75) is 11.8 Å². The molecule has 1 amide bonds. The second-order valence-electron chi connectivity index (χ2n) is 6.45. The fraction of sp³-hybridized carbons (Fsp3) is 0.333. The van der Waals surface area contributed by atoms with E-state index in [0.717, 1.165) is 0 Å². The number of anilines is 1. The second kappa shape index (κ2) is 9.09. The summed E-state index contributed by atoms with van der Waals surface area (Å²) in [6.07, 6.45) is 1.39. The molecule has 3 heterocycles. The molecule has 1 aromatic carbocycles. The van der Waals surface area contributed by atoms with Gasteiger partial charge in [-0.2, -0.15) is 8.99 Å². The third-order valence-electron chi connectivity index (χ3n) is 4.54. The Hall–Kier alpha value is -2.87. The number of morpholine rings is 1. The third kappa shape index (κ3) is 4.44. The Balaban J connectivity index is 1.64. The number of aromatic nitrogens is 4. The largest absolute Gasteiger partial charge is 0.492 e. The van der Waals surface area contributed by atoms with Gasteiger partial charge in [0.1, 0.15) is 21.8 Å². The number of nitrogens with zero attached hydrogens (tertiary/aromatic N) is 5. The summed E-state index contributed by atoms with van der Waals surface area (Å²) in [5.74, 6) is -0.170. The number of rotatable bonds is 7. The van der Waals surface area contributed by atoms with Crippen LogP contribution in [0.15, 0.2) is 40.9 Å². The zero-order chi connectivity index (χ0) is 21.8. The van der Waals surface area contributed by atoms with Crippen molar-refractivity contribution in [3.05, 3.63) is 40.8 Å². The van der Waals surface area contributed by atoms with Gasteiger partial charge in [0.05, 0.1) is 25.5 Å². The van der Waals surface area contributed by atoms with E-state index in [0.29, 0.717) is 36.1 Å². The van der Waals surface area contributed by atoms with Crippen molar-refractivity contribution >= 4 is 33.0 Å². The fourth-order valence-corrected chi connectivity index (χ4v) is 5.44. The van der Waals surface area contributed by atoms with Crippen LogP contribution in [0.25, 0.3) is 5.69 Å². The Morgan fingerprint density at radius 3 is 2.81 bits per heavy atom. The summed E-state index contributed by atoms with van der Waals surface area (Å²) >= 11 is 1.23. The van der Waals surface area contributed by atoms with E-state index in [1.165, 1.54) is 32.7 Å². The summed E-state index contributed by atoms with van der Waals surface area (Å²) in [5.41, 5.74) is 0.857. The van der Waals surface area contributed by atoms with E-state index < -0.39 is 15.9 Å². The predicted octanol–water partition coefficient (Wildman–Crippen LogP) is 1.40. The zero-order valence-electron chi connectivity index (χ0n) is 16.6. The molecule has 164 valence electrons. The van der Waals surface area contributed by atoms with Crippen LogP contribution >= 0.6 is 11.3 Å². The fourth-order valence-electron chi connectivity index (χ4n) is 3.10. The maximum Gasteiger partial charge on any atom is 0.267 e. The highest BCUT2D eigenvalue weighted by molar-refractivity contribution is 7.89. The number of carbonyl (C=O) groups excluding carboxylic acids is 1. The van der Waals surface area contributed by atoms with Gasteiger partial charge in [0.25, 0.3) is 5.91 Å². The molecule has 1 saturated heterocycles. The van der Waals surface area contributed by atoms with Gasteiger partial charge in [-0.15, -0.1) is 16.4 Å². The van der Waals surface area contributed by atoms with Crippen LogP contribution in [0.5, 0.6) is 5.75 Å². The minimum absolute atomic E-state index is 0.000860. The lowest BCUT2D eigenvalue weighted by atomic mass is 10.3. The zero-order valence-corrected chi connectivity index (χ0v) is 18.2. The van der Waals surface area contributed by atoms with Crippen LogP contribution in [0, 0.1) is 0 Å². The van der Waals surface area contributed by atoms with Crippen molar-refractivity contribution in [3.63, 3.8) is 0 Å². The first-order valence-corrected chi connectivity index (χ1v) is 11.8. The van der Waals surface area contributed by atoms with Crippen LogP contribution in [0.2, 0.25) is 0 Å². The number of thiophene rings is 1. The number of hydrogen-bond donors (Lipinski definition) is 1. The number of carbonyl (C=O) groups is 1. The Kier molecular flexibility index (Phi) is 6.27. The topological polar surface area (TPSA) is 129 Å². The van der Waals surface area contributed by atoms with Crippen molar-refractivity contribution in [1.82, 2.24) is 24.5 Å². The van der Waals surface area contributed by atoms with Crippen LogP contribution < -0.4 is 10.1 Å². The molecule has 1 fully saturated rings. The standard InChI is InChI=1S/C18H20N6O5S2/c1-2-29-15-4-3-13(11-16(15)31(26,27)23-6-8-28-9-7-23)20-18(25)17-14(5-10-30-17)24-12-19-21-22-24/h3-5,10-12H,2,6-9H2,1H3,(H,20,25). The van der Waals surface area contributed by atoms with Gasteiger partial charge < -0.3 is 14.8 Å². The highest BCUT2D eigenvalue weighted by Gasteiger charge is 2.30. The molecule has 0 aliphatic carbocycles. The molecule has 2 aromatic heterocycles. The van der Waals surface area contributed by atoms with Gasteiger partial charge in [-0.05, 0) is 47.0 Å². The molecule has 0 spiro atoms. The Bertz CT molecular complexity index is 1160. The first-order valence-electron chi connectivity index (χ1n) is 9.47. The molecule has 1 aliphatic rings. The number of tetrazole rings is 1. The summed E-state index contributed by atoms with van der Waals surface area (Å²) in [7, 11) is -3.82. The van der Waals surface area contributed by atoms with Crippen molar-refractivity contribution in [1.29, 1.82) is 0 Å². The highest BCUT2D eigenvalue weighted by atomic mass is 32.2. The van der Waals surface area contributed by atoms with Crippen LogP contribution in [-0.4, -0.2) is 71.7 Å². The number of sulfonamides is 1. The Morgan fingerprint density at radius 2 is 2.10 bits per heavy atom. The lowest BCUT2D eigenvalue weighted by Gasteiger charge is -2.27. The summed E-state index contributed by atoms with van der Waals surface area (Å²) in [5, 5.41) is 15.5. The molecule has 0 bridgehead atoms. The normalized spacial score (nSPS) is 15.0. The first kappa shape index (κ1) is 21.4. The SMILES string of the molecule is CCOc1ccc(NC(=O)c2sccc2-n2cnnn2)cc1S(=O)(=O)N1CCOCC1. The van der Waals surface area contributed by atoms with E-state index in [1.807, 2.05) is 0 Å². The molecule has 0 saturated carbocycles. The summed E-state index contributed by atoms with van der Waals surface area (Å²) in [4.78, 5) is 13.3. The quantitative estimate of drug-likeness (QED) is 0.556. The molecule has 3 aromatic rings. The molecule has 4 rings (SSSR count). The summed E-state index contributed by atoms with van der Waals surface area (Å²) < 4.78 is 40.0. The predicted molar refractivity (Wildman–Crippen MR) is 112 cm³/mol. The number of ether oxygens (including phenoxy) is 2. The Labute approximate surface area is 182 Å². The minimum atomic E-state index is -3.82. The van der Waals surface area contributed by atoms with Gasteiger partial charge in [-0.3, -0.25) is 4.79 Å². The molecule has 0 atom stereocenters. The lowest BCUT2D eigenvalue weighted by Crippen LogP contribution is -2.40. The molecular weight excluding hydrogens is 444 g/mol. The smallest absolute Gasteiger partial charge is 0.267 e. The summed E-state index contributed by atoms with van der Waals surface area (Å²) in [6.45, 7) is 3.26. The van der Waals surface area contributed by atoms with Crippen LogP contribution in [0.1, 0.15) is 16.6 Å². The molecule has 0 unspecified atom stereocenters. The lowest BCUT2D eigenvalue weighted by molar-refractivity contribution is 0.0729. The maximum absolute atomic E-state index is 13.2. The number of benzene rings is 1. The van der Waals surface area contributed by atoms with Crippen molar-refractivity contribution in [2.24, 2.45) is 0 Å². The monoisotopic (exact) mass is 464 g/mol. The first-order chi connectivity index (χ1) is 15.0. The molecule has 1 N–H and O–H groups in total. The van der Waals surface area contributed by atoms with Crippen molar-refractivity contribution in [3.8, 4) is 11.4 Å². The van der Waals surface area contributed by atoms with Crippen LogP contribution in [-0.2, 0) is 14.8 Å².